The van der Waals surface area contributed by atoms with Crippen LogP contribution in [0, 0.1) is 6.92 Å². The van der Waals surface area contributed by atoms with Gasteiger partial charge in [-0.25, -0.2) is 0 Å². The van der Waals surface area contributed by atoms with Gasteiger partial charge in [0.15, 0.2) is 5.58 Å². The third-order valence-corrected chi connectivity index (χ3v) is 12.8. The largest absolute Gasteiger partial charge is 0.454 e. The Morgan fingerprint density at radius 3 is 1.63 bits per heavy atom. The van der Waals surface area contributed by atoms with E-state index in [1.165, 1.54) is 44.3 Å². The number of aromatic nitrogens is 1. The molecule has 0 bridgehead atoms. The highest BCUT2D eigenvalue weighted by Gasteiger charge is 2.45. The standard InChI is InChI=1S/C54H40BN3O/c1-35-31-45-50-48(32-35)58-51-43(53-52(58)42-29-27-41(34-49(42)59-53)57(38-21-12-6-13-22-38)39-23-14-7-15-24-39)25-16-26-47(51)55(50)46-30-28-40(33-44(46)54(45,2)3)56(36-17-8-4-9-18-36)37-19-10-5-11-20-37/h4-34H,1-3H3. The first kappa shape index (κ1) is 33.9. The molecule has 0 fully saturated rings. The van der Waals surface area contributed by atoms with E-state index < -0.39 is 0 Å². The van der Waals surface area contributed by atoms with Crippen LogP contribution in [-0.4, -0.2) is 11.3 Å². The van der Waals surface area contributed by atoms with Crippen molar-refractivity contribution in [2.75, 3.05) is 9.80 Å². The van der Waals surface area contributed by atoms with Crippen LogP contribution >= 0.6 is 0 Å². The quantitative estimate of drug-likeness (QED) is 0.158. The van der Waals surface area contributed by atoms with Crippen molar-refractivity contribution in [2.45, 2.75) is 26.2 Å². The fourth-order valence-corrected chi connectivity index (χ4v) is 10.3. The summed E-state index contributed by atoms with van der Waals surface area (Å²) in [4.78, 5) is 4.68. The number of fused-ring (bicyclic) bond motifs is 9. The van der Waals surface area contributed by atoms with Crippen LogP contribution in [0.5, 0.6) is 0 Å². The van der Waals surface area contributed by atoms with Crippen LogP contribution < -0.4 is 26.2 Å². The van der Waals surface area contributed by atoms with E-state index in [4.69, 9.17) is 4.42 Å². The molecule has 0 atom stereocenters. The molecule has 0 saturated heterocycles. The molecular formula is C54H40BN3O. The number of nitrogens with zero attached hydrogens (tertiary/aromatic N) is 3. The van der Waals surface area contributed by atoms with Crippen molar-refractivity contribution in [2.24, 2.45) is 0 Å². The van der Waals surface area contributed by atoms with Crippen molar-refractivity contribution >= 4 is 90.2 Å². The van der Waals surface area contributed by atoms with Crippen molar-refractivity contribution in [1.29, 1.82) is 0 Å². The molecule has 4 heterocycles. The van der Waals surface area contributed by atoms with Gasteiger partial charge in [0, 0.05) is 62.1 Å². The van der Waals surface area contributed by atoms with Gasteiger partial charge in [0.05, 0.1) is 5.52 Å². The smallest absolute Gasteiger partial charge is 0.247 e. The molecule has 10 aromatic rings. The van der Waals surface area contributed by atoms with E-state index >= 15 is 0 Å². The second kappa shape index (κ2) is 12.6. The number of hydrogen-bond donors (Lipinski definition) is 0. The minimum Gasteiger partial charge on any atom is -0.454 e. The van der Waals surface area contributed by atoms with Gasteiger partial charge >= 0.3 is 0 Å². The maximum absolute atomic E-state index is 7.04. The normalized spacial score (nSPS) is 13.4. The predicted molar refractivity (Wildman–Crippen MR) is 248 cm³/mol. The summed E-state index contributed by atoms with van der Waals surface area (Å²) in [5.74, 6) is 0. The average molecular weight is 758 g/mol. The molecule has 0 spiro atoms. The summed E-state index contributed by atoms with van der Waals surface area (Å²) in [6.45, 7) is 7.16. The minimum atomic E-state index is -0.264. The van der Waals surface area contributed by atoms with Crippen LogP contribution in [0.2, 0.25) is 0 Å². The molecule has 12 rings (SSSR count). The molecule has 59 heavy (non-hydrogen) atoms. The van der Waals surface area contributed by atoms with E-state index in [-0.39, 0.29) is 12.1 Å². The number of rotatable bonds is 6. The fourth-order valence-electron chi connectivity index (χ4n) is 10.3. The SMILES string of the molecule is Cc1cc2c3c(c1)C(C)(C)c1cc(N(c4ccccc4)c4ccccc4)ccc1B3c1cccc3c4oc5cc(N(c6ccccc6)c6ccccc6)ccc5c4n-2c13. The molecular weight excluding hydrogens is 717 g/mol. The third kappa shape index (κ3) is 4.91. The zero-order valence-corrected chi connectivity index (χ0v) is 33.2. The Labute approximate surface area is 344 Å². The highest BCUT2D eigenvalue weighted by atomic mass is 16.3. The third-order valence-electron chi connectivity index (χ3n) is 12.8. The molecule has 4 nitrogen and oxygen atoms in total. The van der Waals surface area contributed by atoms with Gasteiger partial charge in [0.25, 0.3) is 0 Å². The van der Waals surface area contributed by atoms with E-state index in [0.717, 1.165) is 61.6 Å². The average Bonchev–Trinajstić information content (AvgIpc) is 3.81. The Hall–Kier alpha value is -7.24. The summed E-state index contributed by atoms with van der Waals surface area (Å²) in [6, 6.07) is 68.1. The van der Waals surface area contributed by atoms with Gasteiger partial charge < -0.3 is 18.8 Å². The molecule has 0 radical (unpaired) electrons. The molecule has 0 saturated carbocycles. The summed E-state index contributed by atoms with van der Waals surface area (Å²) in [7, 11) is 0. The molecule has 280 valence electrons. The Balaban J connectivity index is 1.08. The van der Waals surface area contributed by atoms with Crippen LogP contribution in [0.15, 0.2) is 192 Å². The zero-order chi connectivity index (χ0) is 39.4. The topological polar surface area (TPSA) is 24.6 Å². The van der Waals surface area contributed by atoms with Crippen LogP contribution in [0.25, 0.3) is 38.7 Å². The van der Waals surface area contributed by atoms with Gasteiger partial charge in [-0.1, -0.05) is 116 Å². The summed E-state index contributed by atoms with van der Waals surface area (Å²) >= 11 is 0. The highest BCUT2D eigenvalue weighted by Crippen LogP contribution is 2.46. The van der Waals surface area contributed by atoms with Crippen LogP contribution in [0.4, 0.5) is 34.1 Å². The molecule has 2 aromatic heterocycles. The number of anilines is 6. The van der Waals surface area contributed by atoms with Crippen molar-refractivity contribution in [3.05, 3.63) is 205 Å². The molecule has 2 aliphatic rings. The lowest BCUT2D eigenvalue weighted by atomic mass is 9.30. The summed E-state index contributed by atoms with van der Waals surface area (Å²) < 4.78 is 9.57. The van der Waals surface area contributed by atoms with E-state index in [1.54, 1.807) is 0 Å². The Morgan fingerprint density at radius 2 is 1.03 bits per heavy atom. The van der Waals surface area contributed by atoms with Crippen molar-refractivity contribution in [3.63, 3.8) is 0 Å². The predicted octanol–water partition coefficient (Wildman–Crippen LogP) is 12.2. The van der Waals surface area contributed by atoms with Crippen LogP contribution in [-0.2, 0) is 5.41 Å². The highest BCUT2D eigenvalue weighted by molar-refractivity contribution is 6.99. The summed E-state index contributed by atoms with van der Waals surface area (Å²) in [6.07, 6.45) is 0. The zero-order valence-electron chi connectivity index (χ0n) is 33.2. The van der Waals surface area contributed by atoms with Gasteiger partial charge in [-0.2, -0.15) is 0 Å². The van der Waals surface area contributed by atoms with Crippen LogP contribution in [0.3, 0.4) is 0 Å². The summed E-state index contributed by atoms with van der Waals surface area (Å²) in [5.41, 5.74) is 19.9. The Kier molecular flexibility index (Phi) is 7.25. The molecule has 8 aromatic carbocycles. The van der Waals surface area contributed by atoms with E-state index in [1.807, 2.05) is 0 Å². The number of hydrogen-bond acceptors (Lipinski definition) is 3. The van der Waals surface area contributed by atoms with Crippen molar-refractivity contribution < 1.29 is 4.42 Å². The molecule has 0 unspecified atom stereocenters. The van der Waals surface area contributed by atoms with Gasteiger partial charge in [-0.05, 0) is 119 Å². The van der Waals surface area contributed by atoms with E-state index in [0.29, 0.717) is 0 Å². The maximum atomic E-state index is 7.04. The van der Waals surface area contributed by atoms with E-state index in [2.05, 4.69) is 223 Å². The Morgan fingerprint density at radius 1 is 0.475 bits per heavy atom. The van der Waals surface area contributed by atoms with Crippen molar-refractivity contribution in [3.8, 4) is 5.69 Å². The van der Waals surface area contributed by atoms with E-state index in [9.17, 15) is 0 Å². The first-order valence-corrected chi connectivity index (χ1v) is 20.6. The lowest BCUT2D eigenvalue weighted by molar-refractivity contribution is 0.645. The molecule has 0 N–H and O–H groups in total. The number of aryl methyl sites for hydroxylation is 1. The van der Waals surface area contributed by atoms with Gasteiger partial charge in [0.2, 0.25) is 6.71 Å². The molecule has 5 heteroatoms. The number of furan rings is 1. The van der Waals surface area contributed by atoms with Gasteiger partial charge in [0.1, 0.15) is 11.1 Å². The second-order valence-electron chi connectivity index (χ2n) is 16.6. The summed E-state index contributed by atoms with van der Waals surface area (Å²) in [5, 5.41) is 2.26. The van der Waals surface area contributed by atoms with Crippen molar-refractivity contribution in [1.82, 2.24) is 4.57 Å². The molecule has 0 aliphatic carbocycles. The lowest BCUT2D eigenvalue weighted by Gasteiger charge is -2.42. The lowest BCUT2D eigenvalue weighted by Crippen LogP contribution is -2.63. The maximum Gasteiger partial charge on any atom is 0.247 e. The minimum absolute atomic E-state index is 0.0814. The molecule has 0 amide bonds. The molecule has 2 aliphatic heterocycles. The first-order chi connectivity index (χ1) is 29.0. The van der Waals surface area contributed by atoms with Crippen LogP contribution in [0.1, 0.15) is 30.5 Å². The first-order valence-electron chi connectivity index (χ1n) is 20.6. The fraction of sp³-hybridized carbons (Fsp3) is 0.0741. The number of benzene rings is 8. The second-order valence-corrected chi connectivity index (χ2v) is 16.6. The Bertz CT molecular complexity index is 3180. The van der Waals surface area contributed by atoms with Gasteiger partial charge in [-0.3, -0.25) is 0 Å². The number of para-hydroxylation sites is 5. The monoisotopic (exact) mass is 757 g/mol. The van der Waals surface area contributed by atoms with Gasteiger partial charge in [-0.15, -0.1) is 0 Å².